The lowest BCUT2D eigenvalue weighted by molar-refractivity contribution is 0.0940. The molecule has 1 fully saturated rings. The van der Waals surface area contributed by atoms with E-state index in [4.69, 9.17) is 4.74 Å². The molecule has 1 aliphatic heterocycles. The molecule has 1 amide bonds. The van der Waals surface area contributed by atoms with E-state index in [1.807, 2.05) is 29.9 Å². The molecule has 0 aromatic carbocycles. The number of rotatable bonds is 5. The predicted octanol–water partition coefficient (Wildman–Crippen LogP) is 2.27. The van der Waals surface area contributed by atoms with Crippen LogP contribution in [0.3, 0.4) is 0 Å². The van der Waals surface area contributed by atoms with E-state index in [-0.39, 0.29) is 12.0 Å². The average molecular weight is 300 g/mol. The maximum absolute atomic E-state index is 12.3. The molecule has 2 aromatic rings. The molecule has 1 aliphatic rings. The third-order valence-corrected chi connectivity index (χ3v) is 3.79. The molecule has 6 nitrogen and oxygen atoms in total. The largest absolute Gasteiger partial charge is 0.376 e. The average Bonchev–Trinajstić information content (AvgIpc) is 3.20. The minimum absolute atomic E-state index is 0.200. The molecule has 116 valence electrons. The van der Waals surface area contributed by atoms with E-state index in [0.29, 0.717) is 11.4 Å². The molecule has 3 heterocycles. The number of aryl methyl sites for hydroxylation is 1. The first-order chi connectivity index (χ1) is 10.8. The first-order valence-electron chi connectivity index (χ1n) is 7.65. The van der Waals surface area contributed by atoms with Crippen molar-refractivity contribution in [2.75, 3.05) is 11.9 Å². The summed E-state index contributed by atoms with van der Waals surface area (Å²) in [6.45, 7) is 3.56. The Morgan fingerprint density at radius 2 is 2.45 bits per heavy atom. The SMILES string of the molecule is CCc1cccnc1C(=O)Nc1cnn(CC2CCCO2)c1. The highest BCUT2D eigenvalue weighted by Crippen LogP contribution is 2.15. The van der Waals surface area contributed by atoms with Crippen LogP contribution in [0.25, 0.3) is 0 Å². The summed E-state index contributed by atoms with van der Waals surface area (Å²) in [6, 6.07) is 3.76. The van der Waals surface area contributed by atoms with E-state index in [9.17, 15) is 4.79 Å². The van der Waals surface area contributed by atoms with Gasteiger partial charge in [-0.05, 0) is 30.9 Å². The van der Waals surface area contributed by atoms with Crippen molar-refractivity contribution in [3.05, 3.63) is 42.0 Å². The van der Waals surface area contributed by atoms with Gasteiger partial charge in [-0.3, -0.25) is 14.5 Å². The van der Waals surface area contributed by atoms with Crippen LogP contribution in [0, 0.1) is 0 Å². The Morgan fingerprint density at radius 1 is 1.55 bits per heavy atom. The van der Waals surface area contributed by atoms with Gasteiger partial charge in [-0.2, -0.15) is 5.10 Å². The second-order valence-electron chi connectivity index (χ2n) is 5.40. The van der Waals surface area contributed by atoms with Crippen LogP contribution in [-0.2, 0) is 17.7 Å². The normalized spacial score (nSPS) is 17.6. The zero-order chi connectivity index (χ0) is 15.4. The quantitative estimate of drug-likeness (QED) is 0.919. The van der Waals surface area contributed by atoms with Crippen molar-refractivity contribution in [3.8, 4) is 0 Å². The summed E-state index contributed by atoms with van der Waals surface area (Å²) in [5, 5.41) is 7.12. The molecule has 2 aromatic heterocycles. The third-order valence-electron chi connectivity index (χ3n) is 3.79. The van der Waals surface area contributed by atoms with E-state index in [1.165, 1.54) is 0 Å². The fourth-order valence-electron chi connectivity index (χ4n) is 2.64. The molecule has 0 spiro atoms. The molecule has 0 saturated carbocycles. The molecule has 1 unspecified atom stereocenters. The summed E-state index contributed by atoms with van der Waals surface area (Å²) >= 11 is 0. The minimum atomic E-state index is -0.200. The zero-order valence-corrected chi connectivity index (χ0v) is 12.7. The number of amides is 1. The summed E-state index contributed by atoms with van der Waals surface area (Å²) in [6.07, 6.45) is 8.29. The summed E-state index contributed by atoms with van der Waals surface area (Å²) in [7, 11) is 0. The van der Waals surface area contributed by atoms with Crippen LogP contribution in [0.4, 0.5) is 5.69 Å². The lowest BCUT2D eigenvalue weighted by Crippen LogP contribution is -2.16. The standard InChI is InChI=1S/C16H20N4O2/c1-2-12-5-3-7-17-15(12)16(21)19-13-9-18-20(10-13)11-14-6-4-8-22-14/h3,5,7,9-10,14H,2,4,6,8,11H2,1H3,(H,19,21). The Morgan fingerprint density at radius 3 is 3.23 bits per heavy atom. The molecular weight excluding hydrogens is 280 g/mol. The molecule has 1 saturated heterocycles. The molecule has 0 bridgehead atoms. The van der Waals surface area contributed by atoms with Gasteiger partial charge in [-0.1, -0.05) is 13.0 Å². The summed E-state index contributed by atoms with van der Waals surface area (Å²) in [5.74, 6) is -0.200. The monoisotopic (exact) mass is 300 g/mol. The van der Waals surface area contributed by atoms with E-state index in [1.54, 1.807) is 12.4 Å². The van der Waals surface area contributed by atoms with Crippen molar-refractivity contribution in [1.29, 1.82) is 0 Å². The molecule has 3 rings (SSSR count). The Balaban J connectivity index is 1.65. The van der Waals surface area contributed by atoms with E-state index < -0.39 is 0 Å². The summed E-state index contributed by atoms with van der Waals surface area (Å²) in [4.78, 5) is 16.5. The lowest BCUT2D eigenvalue weighted by Gasteiger charge is -2.08. The number of anilines is 1. The van der Waals surface area contributed by atoms with Gasteiger partial charge >= 0.3 is 0 Å². The van der Waals surface area contributed by atoms with Crippen molar-refractivity contribution in [2.24, 2.45) is 0 Å². The van der Waals surface area contributed by atoms with Crippen molar-refractivity contribution in [1.82, 2.24) is 14.8 Å². The van der Waals surface area contributed by atoms with Crippen LogP contribution >= 0.6 is 0 Å². The Kier molecular flexibility index (Phi) is 4.48. The number of ether oxygens (including phenoxy) is 1. The van der Waals surface area contributed by atoms with Gasteiger partial charge in [-0.25, -0.2) is 0 Å². The molecule has 22 heavy (non-hydrogen) atoms. The highest BCUT2D eigenvalue weighted by molar-refractivity contribution is 6.03. The van der Waals surface area contributed by atoms with Crippen LogP contribution < -0.4 is 5.32 Å². The van der Waals surface area contributed by atoms with Gasteiger partial charge < -0.3 is 10.1 Å². The van der Waals surface area contributed by atoms with E-state index >= 15 is 0 Å². The van der Waals surface area contributed by atoms with Crippen molar-refractivity contribution >= 4 is 11.6 Å². The van der Waals surface area contributed by atoms with Crippen LogP contribution in [0.2, 0.25) is 0 Å². The van der Waals surface area contributed by atoms with Gasteiger partial charge in [0.25, 0.3) is 5.91 Å². The number of pyridine rings is 1. The molecule has 1 N–H and O–H groups in total. The molecule has 6 heteroatoms. The second-order valence-corrected chi connectivity index (χ2v) is 5.40. The first-order valence-corrected chi connectivity index (χ1v) is 7.65. The van der Waals surface area contributed by atoms with Gasteiger partial charge in [0.2, 0.25) is 0 Å². The minimum Gasteiger partial charge on any atom is -0.376 e. The van der Waals surface area contributed by atoms with Crippen LogP contribution in [0.15, 0.2) is 30.7 Å². The lowest BCUT2D eigenvalue weighted by atomic mass is 10.1. The number of carbonyl (C=O) groups excluding carboxylic acids is 1. The van der Waals surface area contributed by atoms with Gasteiger partial charge in [-0.15, -0.1) is 0 Å². The van der Waals surface area contributed by atoms with Crippen molar-refractivity contribution in [3.63, 3.8) is 0 Å². The van der Waals surface area contributed by atoms with Crippen LogP contribution in [-0.4, -0.2) is 33.4 Å². The molecular formula is C16H20N4O2. The number of hydrogen-bond donors (Lipinski definition) is 1. The van der Waals surface area contributed by atoms with Crippen LogP contribution in [0.1, 0.15) is 35.8 Å². The van der Waals surface area contributed by atoms with Gasteiger partial charge in [0, 0.05) is 19.0 Å². The van der Waals surface area contributed by atoms with Gasteiger partial charge in [0.1, 0.15) is 5.69 Å². The first kappa shape index (κ1) is 14.7. The van der Waals surface area contributed by atoms with Crippen LogP contribution in [0.5, 0.6) is 0 Å². The number of nitrogens with zero attached hydrogens (tertiary/aromatic N) is 3. The Bertz CT molecular complexity index is 647. The predicted molar refractivity (Wildman–Crippen MR) is 82.8 cm³/mol. The highest BCUT2D eigenvalue weighted by atomic mass is 16.5. The van der Waals surface area contributed by atoms with Crippen molar-refractivity contribution < 1.29 is 9.53 Å². The smallest absolute Gasteiger partial charge is 0.274 e. The maximum atomic E-state index is 12.3. The summed E-state index contributed by atoms with van der Waals surface area (Å²) < 4.78 is 7.40. The van der Waals surface area contributed by atoms with Gasteiger partial charge in [0.15, 0.2) is 0 Å². The highest BCUT2D eigenvalue weighted by Gasteiger charge is 2.17. The topological polar surface area (TPSA) is 69.0 Å². The Labute approximate surface area is 129 Å². The number of aromatic nitrogens is 3. The number of hydrogen-bond acceptors (Lipinski definition) is 4. The number of nitrogens with one attached hydrogen (secondary N) is 1. The number of carbonyl (C=O) groups is 1. The van der Waals surface area contributed by atoms with Crippen molar-refractivity contribution in [2.45, 2.75) is 38.8 Å². The molecule has 0 radical (unpaired) electrons. The Hall–Kier alpha value is -2.21. The van der Waals surface area contributed by atoms with E-state index in [2.05, 4.69) is 15.4 Å². The fourth-order valence-corrected chi connectivity index (χ4v) is 2.64. The maximum Gasteiger partial charge on any atom is 0.274 e. The fraction of sp³-hybridized carbons (Fsp3) is 0.438. The van der Waals surface area contributed by atoms with E-state index in [0.717, 1.165) is 38.0 Å². The second kappa shape index (κ2) is 6.70. The molecule has 0 aliphatic carbocycles. The molecule has 1 atom stereocenters. The van der Waals surface area contributed by atoms with Gasteiger partial charge in [0.05, 0.1) is 24.5 Å². The zero-order valence-electron chi connectivity index (χ0n) is 12.7. The summed E-state index contributed by atoms with van der Waals surface area (Å²) in [5.41, 5.74) is 2.08. The third kappa shape index (κ3) is 3.33.